The van der Waals surface area contributed by atoms with Crippen molar-refractivity contribution in [3.8, 4) is 0 Å². The number of imide groups is 1. The van der Waals surface area contributed by atoms with Crippen LogP contribution in [0.5, 0.6) is 0 Å². The number of ketones is 2. The third-order valence-electron chi connectivity index (χ3n) is 9.49. The number of carbonyl (C=O) groups excluding carboxylic acids is 6. The lowest BCUT2D eigenvalue weighted by atomic mass is 9.71. The van der Waals surface area contributed by atoms with Crippen LogP contribution in [0.15, 0.2) is 76.9 Å². The Kier molecular flexibility index (Phi) is 9.71. The molecule has 0 saturated carbocycles. The van der Waals surface area contributed by atoms with Gasteiger partial charge in [0, 0.05) is 75.3 Å². The van der Waals surface area contributed by atoms with E-state index in [4.69, 9.17) is 4.74 Å². The Bertz CT molecular complexity index is 1960. The van der Waals surface area contributed by atoms with Gasteiger partial charge in [0.05, 0.1) is 5.69 Å². The molecule has 0 bridgehead atoms. The fraction of sp³-hybridized carbons (Fsp3) is 0.333. The summed E-state index contributed by atoms with van der Waals surface area (Å²) in [7, 11) is 1.64. The molecular formula is C39H41N3O7. The molecule has 0 atom stereocenters. The first-order valence-electron chi connectivity index (χ1n) is 16.4. The van der Waals surface area contributed by atoms with E-state index >= 15 is 0 Å². The first kappa shape index (κ1) is 34.9. The second-order valence-corrected chi connectivity index (χ2v) is 13.3. The van der Waals surface area contributed by atoms with E-state index in [9.17, 15) is 28.8 Å². The maximum Gasteiger partial charge on any atom is 0.411 e. The third-order valence-corrected chi connectivity index (χ3v) is 9.49. The van der Waals surface area contributed by atoms with E-state index in [1.54, 1.807) is 96.3 Å². The molecule has 1 aliphatic carbocycles. The van der Waals surface area contributed by atoms with Crippen LogP contribution in [0.25, 0.3) is 10.8 Å². The van der Waals surface area contributed by atoms with Gasteiger partial charge in [0.15, 0.2) is 11.6 Å². The average Bonchev–Trinajstić information content (AvgIpc) is 3.08. The summed E-state index contributed by atoms with van der Waals surface area (Å²) >= 11 is 0. The molecule has 4 amide bonds. The van der Waals surface area contributed by atoms with E-state index in [1.807, 2.05) is 6.92 Å². The van der Waals surface area contributed by atoms with Crippen molar-refractivity contribution in [2.75, 3.05) is 23.8 Å². The highest BCUT2D eigenvalue weighted by Gasteiger charge is 2.39. The van der Waals surface area contributed by atoms with Crippen LogP contribution < -0.4 is 10.2 Å². The molecule has 1 heterocycles. The van der Waals surface area contributed by atoms with Gasteiger partial charge in [-0.15, -0.1) is 0 Å². The number of benzene rings is 3. The van der Waals surface area contributed by atoms with Gasteiger partial charge in [-0.2, -0.15) is 0 Å². The van der Waals surface area contributed by atoms with E-state index in [-0.39, 0.29) is 42.3 Å². The zero-order valence-electron chi connectivity index (χ0n) is 29.0. The van der Waals surface area contributed by atoms with Crippen LogP contribution >= 0.6 is 0 Å². The largest absolute Gasteiger partial charge is 0.444 e. The predicted molar refractivity (Wildman–Crippen MR) is 187 cm³/mol. The minimum Gasteiger partial charge on any atom is -0.444 e. The number of anilines is 2. The van der Waals surface area contributed by atoms with Gasteiger partial charge in [-0.25, -0.2) is 4.79 Å². The molecule has 0 saturated heterocycles. The van der Waals surface area contributed by atoms with E-state index in [2.05, 4.69) is 5.32 Å². The number of nitrogens with zero attached hydrogens (tertiary/aromatic N) is 2. The molecule has 49 heavy (non-hydrogen) atoms. The molecule has 1 aliphatic heterocycles. The van der Waals surface area contributed by atoms with E-state index in [1.165, 1.54) is 9.80 Å². The van der Waals surface area contributed by atoms with Crippen molar-refractivity contribution in [2.45, 2.75) is 67.4 Å². The van der Waals surface area contributed by atoms with Gasteiger partial charge in [0.25, 0.3) is 11.8 Å². The topological polar surface area (TPSA) is 130 Å². The molecular weight excluding hydrogens is 622 g/mol. The lowest BCUT2D eigenvalue weighted by Crippen LogP contribution is -2.40. The smallest absolute Gasteiger partial charge is 0.411 e. The van der Waals surface area contributed by atoms with Gasteiger partial charge in [-0.1, -0.05) is 51.5 Å². The predicted octanol–water partition coefficient (Wildman–Crippen LogP) is 7.17. The SMILES string of the molecule is CCCCN1C(=O)c2cccc3c(NC(=O)OCc4ccc(N(C)C(=O)CC(C)(C)C5=C(C)C(=O)C(C)=C(C)C5=O)cc4)ccc(c23)C1=O. The van der Waals surface area contributed by atoms with Gasteiger partial charge >= 0.3 is 6.09 Å². The number of rotatable bonds is 10. The average molecular weight is 664 g/mol. The lowest BCUT2D eigenvalue weighted by molar-refractivity contribution is -0.121. The number of Topliss-reactive ketones (excluding diaryl/α,β-unsaturated/α-hetero) is 2. The summed E-state index contributed by atoms with van der Waals surface area (Å²) in [5.41, 5.74) is 3.28. The molecule has 0 aromatic heterocycles. The Balaban J connectivity index is 1.22. The van der Waals surface area contributed by atoms with Crippen LogP contribution in [0, 0.1) is 5.41 Å². The fourth-order valence-electron chi connectivity index (χ4n) is 6.52. The second kappa shape index (κ2) is 13.6. The van der Waals surface area contributed by atoms with Crippen LogP contribution in [0.3, 0.4) is 0 Å². The molecule has 10 nitrogen and oxygen atoms in total. The molecule has 3 aromatic carbocycles. The number of nitrogens with one attached hydrogen (secondary N) is 1. The monoisotopic (exact) mass is 663 g/mol. The number of amides is 4. The molecule has 5 rings (SSSR count). The zero-order valence-corrected chi connectivity index (χ0v) is 29.0. The number of carbonyl (C=O) groups is 6. The summed E-state index contributed by atoms with van der Waals surface area (Å²) in [6, 6.07) is 15.4. The summed E-state index contributed by atoms with van der Waals surface area (Å²) in [6.45, 7) is 10.8. The number of hydrogen-bond acceptors (Lipinski definition) is 7. The van der Waals surface area contributed by atoms with Gasteiger partial charge < -0.3 is 9.64 Å². The second-order valence-electron chi connectivity index (χ2n) is 13.3. The first-order valence-corrected chi connectivity index (χ1v) is 16.4. The van der Waals surface area contributed by atoms with Crippen molar-refractivity contribution in [2.24, 2.45) is 5.41 Å². The molecule has 0 radical (unpaired) electrons. The van der Waals surface area contributed by atoms with Crippen molar-refractivity contribution in [1.29, 1.82) is 0 Å². The number of ether oxygens (including phenoxy) is 1. The molecule has 0 spiro atoms. The van der Waals surface area contributed by atoms with Gasteiger partial charge in [-0.05, 0) is 63.1 Å². The fourth-order valence-corrected chi connectivity index (χ4v) is 6.52. The number of unbranched alkanes of at least 4 members (excludes halogenated alkanes) is 1. The van der Waals surface area contributed by atoms with E-state index < -0.39 is 11.5 Å². The zero-order chi connectivity index (χ0) is 35.8. The highest BCUT2D eigenvalue weighted by atomic mass is 16.5. The van der Waals surface area contributed by atoms with Crippen molar-refractivity contribution < 1.29 is 33.5 Å². The van der Waals surface area contributed by atoms with Crippen LogP contribution in [0.4, 0.5) is 16.2 Å². The Morgan fingerprint density at radius 3 is 2.12 bits per heavy atom. The maximum atomic E-state index is 13.3. The Hall–Kier alpha value is -5.38. The Morgan fingerprint density at radius 2 is 1.47 bits per heavy atom. The normalized spacial score (nSPS) is 15.0. The van der Waals surface area contributed by atoms with Crippen molar-refractivity contribution >= 4 is 57.5 Å². The highest BCUT2D eigenvalue weighted by Crippen LogP contribution is 2.39. The Morgan fingerprint density at radius 1 is 0.837 bits per heavy atom. The van der Waals surface area contributed by atoms with E-state index in [0.717, 1.165) is 6.42 Å². The van der Waals surface area contributed by atoms with Gasteiger partial charge in [0.2, 0.25) is 5.91 Å². The molecule has 1 N–H and O–H groups in total. The number of allylic oxidation sites excluding steroid dienone is 4. The quantitative estimate of drug-likeness (QED) is 0.180. The van der Waals surface area contributed by atoms with Crippen LogP contribution in [0.2, 0.25) is 0 Å². The molecule has 0 fully saturated rings. The molecule has 2 aliphatic rings. The van der Waals surface area contributed by atoms with Crippen molar-refractivity contribution in [3.63, 3.8) is 0 Å². The summed E-state index contributed by atoms with van der Waals surface area (Å²) < 4.78 is 5.47. The first-order chi connectivity index (χ1) is 23.2. The van der Waals surface area contributed by atoms with Gasteiger partial charge in [0.1, 0.15) is 6.61 Å². The van der Waals surface area contributed by atoms with E-state index in [0.29, 0.717) is 74.1 Å². The van der Waals surface area contributed by atoms with Gasteiger partial charge in [-0.3, -0.25) is 34.2 Å². The lowest BCUT2D eigenvalue weighted by Gasteiger charge is -2.32. The van der Waals surface area contributed by atoms with Crippen molar-refractivity contribution in [1.82, 2.24) is 4.90 Å². The summed E-state index contributed by atoms with van der Waals surface area (Å²) in [6.07, 6.45) is 0.873. The summed E-state index contributed by atoms with van der Waals surface area (Å²) in [5, 5.41) is 3.81. The standard InChI is InChI=1S/C39H41N3O7/c1-8-9-19-42-36(46)28-12-10-11-27-30(18-17-29(32(27)28)37(42)47)40-38(48)49-21-25-13-15-26(16-14-25)41(7)31(43)20-39(5,6)33-24(4)34(44)22(2)23(3)35(33)45/h10-18H,8-9,19-21H2,1-7H3,(H,40,48). The summed E-state index contributed by atoms with van der Waals surface area (Å²) in [4.78, 5) is 81.1. The minimum atomic E-state index is -0.866. The van der Waals surface area contributed by atoms with Crippen LogP contribution in [-0.4, -0.2) is 53.9 Å². The molecule has 10 heteroatoms. The summed E-state index contributed by atoms with van der Waals surface area (Å²) in [5.74, 6) is -1.29. The third kappa shape index (κ3) is 6.55. The molecule has 254 valence electrons. The van der Waals surface area contributed by atoms with Crippen LogP contribution in [0.1, 0.15) is 87.1 Å². The maximum absolute atomic E-state index is 13.3. The van der Waals surface area contributed by atoms with Crippen molar-refractivity contribution in [3.05, 3.63) is 93.6 Å². The minimum absolute atomic E-state index is 0.0170. The number of hydrogen-bond donors (Lipinski definition) is 1. The molecule has 0 unspecified atom stereocenters. The van der Waals surface area contributed by atoms with Crippen LogP contribution in [-0.2, 0) is 25.7 Å². The molecule has 3 aromatic rings. The highest BCUT2D eigenvalue weighted by molar-refractivity contribution is 6.27. The Labute approximate surface area is 285 Å².